The predicted molar refractivity (Wildman–Crippen MR) is 40.5 cm³/mol. The maximum atomic E-state index is 5.50. The van der Waals surface area contributed by atoms with Crippen LogP contribution in [0.15, 0.2) is 23.5 Å². The molecule has 10 heavy (non-hydrogen) atoms. The lowest BCUT2D eigenvalue weighted by Gasteiger charge is -2.13. The highest BCUT2D eigenvalue weighted by Gasteiger charge is 2.24. The molecule has 1 saturated heterocycles. The zero-order valence-corrected chi connectivity index (χ0v) is 6.26. The van der Waals surface area contributed by atoms with Gasteiger partial charge >= 0.3 is 0 Å². The zero-order chi connectivity index (χ0) is 6.97. The topological polar surface area (TPSA) is 9.23 Å². The van der Waals surface area contributed by atoms with Crippen molar-refractivity contribution in [1.82, 2.24) is 0 Å². The van der Waals surface area contributed by atoms with Gasteiger partial charge in [-0.1, -0.05) is 12.2 Å². The van der Waals surface area contributed by atoms with Crippen molar-refractivity contribution in [3.63, 3.8) is 0 Å². The standard InChI is InChI=1S/C9H12O/c1-7-3-2-4-8-5-6-10-9(7)8/h2-3,8H,4-6H2,1H3. The molecule has 0 aromatic carbocycles. The van der Waals surface area contributed by atoms with Gasteiger partial charge in [-0.3, -0.25) is 0 Å². The van der Waals surface area contributed by atoms with E-state index in [2.05, 4.69) is 19.1 Å². The molecule has 0 aromatic rings. The van der Waals surface area contributed by atoms with Crippen LogP contribution >= 0.6 is 0 Å². The third-order valence-electron chi connectivity index (χ3n) is 2.27. The van der Waals surface area contributed by atoms with Crippen molar-refractivity contribution >= 4 is 0 Å². The Morgan fingerprint density at radius 3 is 3.30 bits per heavy atom. The normalized spacial score (nSPS) is 30.3. The predicted octanol–water partition coefficient (Wildman–Crippen LogP) is 2.26. The summed E-state index contributed by atoms with van der Waals surface area (Å²) in [4.78, 5) is 0. The molecule has 2 aliphatic rings. The van der Waals surface area contributed by atoms with Crippen LogP contribution in [0, 0.1) is 5.92 Å². The van der Waals surface area contributed by atoms with Crippen LogP contribution in [-0.2, 0) is 4.74 Å². The highest BCUT2D eigenvalue weighted by atomic mass is 16.5. The van der Waals surface area contributed by atoms with Crippen molar-refractivity contribution in [3.8, 4) is 0 Å². The monoisotopic (exact) mass is 136 g/mol. The highest BCUT2D eigenvalue weighted by Crippen LogP contribution is 2.33. The molecular formula is C9H12O. The van der Waals surface area contributed by atoms with Crippen molar-refractivity contribution in [2.75, 3.05) is 6.61 Å². The molecule has 1 heterocycles. The summed E-state index contributed by atoms with van der Waals surface area (Å²) in [7, 11) is 0. The maximum absolute atomic E-state index is 5.50. The van der Waals surface area contributed by atoms with E-state index in [0.29, 0.717) is 5.92 Å². The van der Waals surface area contributed by atoms with Crippen molar-refractivity contribution in [3.05, 3.63) is 23.5 Å². The molecule has 0 radical (unpaired) electrons. The summed E-state index contributed by atoms with van der Waals surface area (Å²) < 4.78 is 5.50. The molecule has 1 atom stereocenters. The molecule has 1 aliphatic carbocycles. The van der Waals surface area contributed by atoms with Crippen LogP contribution in [-0.4, -0.2) is 6.61 Å². The van der Waals surface area contributed by atoms with Crippen molar-refractivity contribution in [2.45, 2.75) is 19.8 Å². The molecule has 0 N–H and O–H groups in total. The Hall–Kier alpha value is -0.720. The number of hydrogen-bond acceptors (Lipinski definition) is 1. The molecule has 1 heteroatoms. The number of ether oxygens (including phenoxy) is 1. The summed E-state index contributed by atoms with van der Waals surface area (Å²) in [5, 5.41) is 0. The van der Waals surface area contributed by atoms with Crippen LogP contribution in [0.4, 0.5) is 0 Å². The fourth-order valence-electron chi connectivity index (χ4n) is 1.71. The Kier molecular flexibility index (Phi) is 1.30. The van der Waals surface area contributed by atoms with E-state index in [4.69, 9.17) is 4.74 Å². The van der Waals surface area contributed by atoms with E-state index in [-0.39, 0.29) is 0 Å². The van der Waals surface area contributed by atoms with Gasteiger partial charge < -0.3 is 4.74 Å². The molecule has 0 amide bonds. The van der Waals surface area contributed by atoms with Gasteiger partial charge in [0.15, 0.2) is 0 Å². The lowest BCUT2D eigenvalue weighted by Crippen LogP contribution is -2.01. The maximum Gasteiger partial charge on any atom is 0.102 e. The van der Waals surface area contributed by atoms with E-state index in [1.807, 2.05) is 0 Å². The first kappa shape index (κ1) is 6.02. The summed E-state index contributed by atoms with van der Waals surface area (Å²) >= 11 is 0. The van der Waals surface area contributed by atoms with Crippen LogP contribution in [0.3, 0.4) is 0 Å². The number of hydrogen-bond donors (Lipinski definition) is 0. The molecule has 1 fully saturated rings. The van der Waals surface area contributed by atoms with E-state index < -0.39 is 0 Å². The van der Waals surface area contributed by atoms with Gasteiger partial charge in [0.25, 0.3) is 0 Å². The van der Waals surface area contributed by atoms with Gasteiger partial charge in [0.2, 0.25) is 0 Å². The van der Waals surface area contributed by atoms with Gasteiger partial charge in [-0.15, -0.1) is 0 Å². The van der Waals surface area contributed by atoms with E-state index in [1.54, 1.807) is 0 Å². The summed E-state index contributed by atoms with van der Waals surface area (Å²) in [6, 6.07) is 0. The molecule has 0 saturated carbocycles. The summed E-state index contributed by atoms with van der Waals surface area (Å²) in [5.41, 5.74) is 1.33. The molecule has 1 aliphatic heterocycles. The van der Waals surface area contributed by atoms with Crippen molar-refractivity contribution < 1.29 is 4.74 Å². The van der Waals surface area contributed by atoms with Crippen molar-refractivity contribution in [2.24, 2.45) is 5.92 Å². The number of fused-ring (bicyclic) bond motifs is 1. The first-order chi connectivity index (χ1) is 4.88. The second kappa shape index (κ2) is 2.15. The smallest absolute Gasteiger partial charge is 0.102 e. The average molecular weight is 136 g/mol. The van der Waals surface area contributed by atoms with E-state index in [0.717, 1.165) is 6.61 Å². The van der Waals surface area contributed by atoms with Gasteiger partial charge in [-0.25, -0.2) is 0 Å². The Morgan fingerprint density at radius 1 is 1.60 bits per heavy atom. The first-order valence-corrected chi connectivity index (χ1v) is 3.88. The third-order valence-corrected chi connectivity index (χ3v) is 2.27. The highest BCUT2D eigenvalue weighted by molar-refractivity contribution is 5.27. The minimum atomic E-state index is 0.713. The molecule has 1 nitrogen and oxygen atoms in total. The quantitative estimate of drug-likeness (QED) is 0.496. The summed E-state index contributed by atoms with van der Waals surface area (Å²) in [5.74, 6) is 1.97. The Labute approximate surface area is 61.4 Å². The summed E-state index contributed by atoms with van der Waals surface area (Å²) in [6.07, 6.45) is 6.82. The first-order valence-electron chi connectivity index (χ1n) is 3.88. The van der Waals surface area contributed by atoms with Gasteiger partial charge in [-0.2, -0.15) is 0 Å². The van der Waals surface area contributed by atoms with E-state index >= 15 is 0 Å². The van der Waals surface area contributed by atoms with Crippen LogP contribution in [0.2, 0.25) is 0 Å². The minimum Gasteiger partial charge on any atom is -0.497 e. The van der Waals surface area contributed by atoms with E-state index in [9.17, 15) is 0 Å². The lowest BCUT2D eigenvalue weighted by molar-refractivity contribution is 0.255. The fraction of sp³-hybridized carbons (Fsp3) is 0.556. The van der Waals surface area contributed by atoms with Gasteiger partial charge in [-0.05, 0) is 25.3 Å². The molecule has 2 rings (SSSR count). The van der Waals surface area contributed by atoms with Gasteiger partial charge in [0.1, 0.15) is 5.76 Å². The summed E-state index contributed by atoms with van der Waals surface area (Å²) in [6.45, 7) is 3.06. The molecular weight excluding hydrogens is 124 g/mol. The molecule has 54 valence electrons. The van der Waals surface area contributed by atoms with E-state index in [1.165, 1.54) is 24.2 Å². The van der Waals surface area contributed by atoms with Crippen LogP contribution in [0.1, 0.15) is 19.8 Å². The van der Waals surface area contributed by atoms with Gasteiger partial charge in [0, 0.05) is 5.92 Å². The average Bonchev–Trinajstić information content (AvgIpc) is 2.36. The SMILES string of the molecule is CC1=C2OCCC2CC=C1. The molecule has 0 spiro atoms. The van der Waals surface area contributed by atoms with Crippen LogP contribution < -0.4 is 0 Å². The molecule has 0 bridgehead atoms. The minimum absolute atomic E-state index is 0.713. The van der Waals surface area contributed by atoms with Crippen LogP contribution in [0.25, 0.3) is 0 Å². The second-order valence-corrected chi connectivity index (χ2v) is 3.02. The van der Waals surface area contributed by atoms with Gasteiger partial charge in [0.05, 0.1) is 6.61 Å². The third kappa shape index (κ3) is 0.772. The number of allylic oxidation sites excluding steroid dienone is 4. The molecule has 0 aromatic heterocycles. The molecule has 1 unspecified atom stereocenters. The second-order valence-electron chi connectivity index (χ2n) is 3.02. The Morgan fingerprint density at radius 2 is 2.50 bits per heavy atom. The fourth-order valence-corrected chi connectivity index (χ4v) is 1.71. The largest absolute Gasteiger partial charge is 0.497 e. The lowest BCUT2D eigenvalue weighted by atomic mass is 9.94. The van der Waals surface area contributed by atoms with Crippen LogP contribution in [0.5, 0.6) is 0 Å². The Bertz CT molecular complexity index is 201. The number of rotatable bonds is 0. The van der Waals surface area contributed by atoms with Crippen molar-refractivity contribution in [1.29, 1.82) is 0 Å². The Balaban J connectivity index is 2.32. The zero-order valence-electron chi connectivity index (χ0n) is 6.26.